The van der Waals surface area contributed by atoms with Gasteiger partial charge in [0.05, 0.1) is 17.5 Å². The SMILES string of the molecule is Cc1oc(C(C)C)cc1C(=O)NC1(CC(=O)O)CCCC1. The number of aryl methyl sites for hydroxylation is 1. The molecule has 1 aliphatic carbocycles. The summed E-state index contributed by atoms with van der Waals surface area (Å²) in [6, 6.07) is 1.76. The first-order valence-corrected chi connectivity index (χ1v) is 7.48. The summed E-state index contributed by atoms with van der Waals surface area (Å²) < 4.78 is 5.60. The molecule has 21 heavy (non-hydrogen) atoms. The number of nitrogens with one attached hydrogen (secondary N) is 1. The van der Waals surface area contributed by atoms with Gasteiger partial charge in [-0.1, -0.05) is 26.7 Å². The van der Waals surface area contributed by atoms with Gasteiger partial charge in [0.1, 0.15) is 11.5 Å². The molecule has 116 valence electrons. The number of amides is 1. The standard InChI is InChI=1S/C16H23NO4/c1-10(2)13-8-12(11(3)21-13)15(20)17-16(9-14(18)19)6-4-5-7-16/h8,10H,4-7,9H2,1-3H3,(H,17,20)(H,18,19). The Morgan fingerprint density at radius 1 is 1.38 bits per heavy atom. The maximum atomic E-state index is 12.5. The monoisotopic (exact) mass is 293 g/mol. The van der Waals surface area contributed by atoms with Gasteiger partial charge < -0.3 is 14.8 Å². The van der Waals surface area contributed by atoms with Gasteiger partial charge in [0.15, 0.2) is 0 Å². The highest BCUT2D eigenvalue weighted by Crippen LogP contribution is 2.33. The van der Waals surface area contributed by atoms with Gasteiger partial charge in [-0.15, -0.1) is 0 Å². The smallest absolute Gasteiger partial charge is 0.305 e. The number of carboxylic acids is 1. The summed E-state index contributed by atoms with van der Waals surface area (Å²) in [6.45, 7) is 5.77. The second-order valence-electron chi connectivity index (χ2n) is 6.29. The second kappa shape index (κ2) is 5.92. The van der Waals surface area contributed by atoms with E-state index in [1.807, 2.05) is 13.8 Å². The van der Waals surface area contributed by atoms with Crippen molar-refractivity contribution in [3.8, 4) is 0 Å². The summed E-state index contributed by atoms with van der Waals surface area (Å²) >= 11 is 0. The fraction of sp³-hybridized carbons (Fsp3) is 0.625. The Balaban J connectivity index is 2.17. The summed E-state index contributed by atoms with van der Waals surface area (Å²) in [7, 11) is 0. The molecule has 0 spiro atoms. The van der Waals surface area contributed by atoms with Gasteiger partial charge in [0.25, 0.3) is 5.91 Å². The van der Waals surface area contributed by atoms with E-state index in [-0.39, 0.29) is 18.2 Å². The van der Waals surface area contributed by atoms with Crippen LogP contribution in [0, 0.1) is 6.92 Å². The molecule has 1 fully saturated rings. The molecule has 0 radical (unpaired) electrons. The molecule has 1 heterocycles. The van der Waals surface area contributed by atoms with Crippen LogP contribution >= 0.6 is 0 Å². The molecule has 0 saturated heterocycles. The summed E-state index contributed by atoms with van der Waals surface area (Å²) in [5.74, 6) is 0.469. The largest absolute Gasteiger partial charge is 0.481 e. The first-order chi connectivity index (χ1) is 9.83. The average Bonchev–Trinajstić information content (AvgIpc) is 2.95. The lowest BCUT2D eigenvalue weighted by atomic mass is 9.92. The van der Waals surface area contributed by atoms with Gasteiger partial charge in [-0.25, -0.2) is 0 Å². The van der Waals surface area contributed by atoms with Crippen molar-refractivity contribution in [3.05, 3.63) is 23.2 Å². The zero-order valence-corrected chi connectivity index (χ0v) is 12.9. The number of hydrogen-bond acceptors (Lipinski definition) is 3. The van der Waals surface area contributed by atoms with Gasteiger partial charge in [-0.05, 0) is 25.8 Å². The van der Waals surface area contributed by atoms with Gasteiger partial charge in [0.2, 0.25) is 0 Å². The first-order valence-electron chi connectivity index (χ1n) is 7.48. The molecule has 1 aromatic rings. The molecule has 0 bridgehead atoms. The van der Waals surface area contributed by atoms with E-state index in [2.05, 4.69) is 5.32 Å². The third-order valence-electron chi connectivity index (χ3n) is 4.18. The summed E-state index contributed by atoms with van der Waals surface area (Å²) in [4.78, 5) is 23.5. The maximum absolute atomic E-state index is 12.5. The fourth-order valence-electron chi connectivity index (χ4n) is 3.01. The Labute approximate surface area is 124 Å². The zero-order valence-electron chi connectivity index (χ0n) is 12.9. The maximum Gasteiger partial charge on any atom is 0.305 e. The van der Waals surface area contributed by atoms with Crippen LogP contribution in [0.15, 0.2) is 10.5 Å². The molecule has 0 atom stereocenters. The lowest BCUT2D eigenvalue weighted by Gasteiger charge is -2.28. The predicted octanol–water partition coefficient (Wildman–Crippen LogP) is 3.23. The molecule has 0 unspecified atom stereocenters. The Morgan fingerprint density at radius 2 is 2.00 bits per heavy atom. The summed E-state index contributed by atoms with van der Waals surface area (Å²) in [6.07, 6.45) is 3.33. The van der Waals surface area contributed by atoms with Crippen molar-refractivity contribution in [2.75, 3.05) is 0 Å². The van der Waals surface area contributed by atoms with Crippen LogP contribution in [0.4, 0.5) is 0 Å². The molecule has 1 amide bonds. The lowest BCUT2D eigenvalue weighted by molar-refractivity contribution is -0.138. The first kappa shape index (κ1) is 15.6. The van der Waals surface area contributed by atoms with Crippen molar-refractivity contribution in [2.24, 2.45) is 0 Å². The Hall–Kier alpha value is -1.78. The normalized spacial score (nSPS) is 17.1. The average molecular weight is 293 g/mol. The van der Waals surface area contributed by atoms with Crippen LogP contribution in [0.1, 0.15) is 73.7 Å². The lowest BCUT2D eigenvalue weighted by Crippen LogP contribution is -2.47. The van der Waals surface area contributed by atoms with E-state index >= 15 is 0 Å². The predicted molar refractivity (Wildman–Crippen MR) is 78.5 cm³/mol. The van der Waals surface area contributed by atoms with Crippen molar-refractivity contribution in [1.82, 2.24) is 5.32 Å². The highest BCUT2D eigenvalue weighted by Gasteiger charge is 2.38. The minimum atomic E-state index is -0.871. The van der Waals surface area contributed by atoms with Crippen LogP contribution in [0.5, 0.6) is 0 Å². The molecule has 1 aliphatic rings. The van der Waals surface area contributed by atoms with Crippen molar-refractivity contribution in [2.45, 2.75) is 64.3 Å². The van der Waals surface area contributed by atoms with E-state index in [9.17, 15) is 9.59 Å². The topological polar surface area (TPSA) is 79.5 Å². The summed E-state index contributed by atoms with van der Waals surface area (Å²) in [5.41, 5.74) is -0.0969. The fourth-order valence-corrected chi connectivity index (χ4v) is 3.01. The van der Waals surface area contributed by atoms with E-state index < -0.39 is 11.5 Å². The van der Waals surface area contributed by atoms with Crippen LogP contribution in [0.3, 0.4) is 0 Å². The molecule has 2 N–H and O–H groups in total. The van der Waals surface area contributed by atoms with Crippen molar-refractivity contribution >= 4 is 11.9 Å². The van der Waals surface area contributed by atoms with Crippen LogP contribution < -0.4 is 5.32 Å². The van der Waals surface area contributed by atoms with E-state index in [1.165, 1.54) is 0 Å². The molecule has 1 saturated carbocycles. The number of carbonyl (C=O) groups excluding carboxylic acids is 1. The van der Waals surface area contributed by atoms with Crippen LogP contribution in [0.25, 0.3) is 0 Å². The van der Waals surface area contributed by atoms with Crippen LogP contribution in [-0.2, 0) is 4.79 Å². The van der Waals surface area contributed by atoms with E-state index in [0.29, 0.717) is 11.3 Å². The van der Waals surface area contributed by atoms with Gasteiger partial charge in [-0.3, -0.25) is 9.59 Å². The number of rotatable bonds is 5. The quantitative estimate of drug-likeness (QED) is 0.873. The zero-order chi connectivity index (χ0) is 15.6. The van der Waals surface area contributed by atoms with Gasteiger partial charge >= 0.3 is 5.97 Å². The third-order valence-corrected chi connectivity index (χ3v) is 4.18. The molecular weight excluding hydrogens is 270 g/mol. The Kier molecular flexibility index (Phi) is 4.40. The van der Waals surface area contributed by atoms with Crippen LogP contribution in [0.2, 0.25) is 0 Å². The van der Waals surface area contributed by atoms with Crippen LogP contribution in [-0.4, -0.2) is 22.5 Å². The highest BCUT2D eigenvalue weighted by atomic mass is 16.4. The van der Waals surface area contributed by atoms with Gasteiger partial charge in [0, 0.05) is 5.92 Å². The minimum absolute atomic E-state index is 0.0212. The number of furan rings is 1. The van der Waals surface area contributed by atoms with Crippen molar-refractivity contribution < 1.29 is 19.1 Å². The number of carboxylic acid groups (broad SMARTS) is 1. The van der Waals surface area contributed by atoms with E-state index in [1.54, 1.807) is 13.0 Å². The van der Waals surface area contributed by atoms with Gasteiger partial charge in [-0.2, -0.15) is 0 Å². The molecule has 5 heteroatoms. The molecule has 1 aromatic heterocycles. The molecule has 2 rings (SSSR count). The Morgan fingerprint density at radius 3 is 2.48 bits per heavy atom. The van der Waals surface area contributed by atoms with E-state index in [4.69, 9.17) is 9.52 Å². The molecule has 0 aromatic carbocycles. The number of aliphatic carboxylic acids is 1. The number of hydrogen-bond donors (Lipinski definition) is 2. The highest BCUT2D eigenvalue weighted by molar-refractivity contribution is 5.96. The summed E-state index contributed by atoms with van der Waals surface area (Å²) in [5, 5.41) is 12.0. The molecule has 0 aliphatic heterocycles. The Bertz CT molecular complexity index is 538. The molecular formula is C16H23NO4. The molecule has 5 nitrogen and oxygen atoms in total. The van der Waals surface area contributed by atoms with Crippen molar-refractivity contribution in [3.63, 3.8) is 0 Å². The number of carbonyl (C=O) groups is 2. The minimum Gasteiger partial charge on any atom is -0.481 e. The van der Waals surface area contributed by atoms with Crippen molar-refractivity contribution in [1.29, 1.82) is 0 Å². The van der Waals surface area contributed by atoms with E-state index in [0.717, 1.165) is 31.4 Å². The second-order valence-corrected chi connectivity index (χ2v) is 6.29. The third kappa shape index (κ3) is 3.46.